The predicted octanol–water partition coefficient (Wildman–Crippen LogP) is 3.63. The summed E-state index contributed by atoms with van der Waals surface area (Å²) in [5.74, 6) is 0.574. The summed E-state index contributed by atoms with van der Waals surface area (Å²) in [4.78, 5) is 12.8. The van der Waals surface area contributed by atoms with E-state index in [1.807, 2.05) is 19.2 Å². The third kappa shape index (κ3) is 2.19. The Morgan fingerprint density at radius 3 is 2.53 bits per heavy atom. The van der Waals surface area contributed by atoms with Crippen molar-refractivity contribution in [2.75, 3.05) is 0 Å². The Hall–Kier alpha value is -0.520. The highest BCUT2D eigenvalue weighted by molar-refractivity contribution is 9.10. The molecule has 0 aliphatic rings. The maximum absolute atomic E-state index is 5.95. The third-order valence-electron chi connectivity index (χ3n) is 1.82. The first kappa shape index (κ1) is 11.0. The van der Waals surface area contributed by atoms with E-state index in [0.29, 0.717) is 11.0 Å². The first-order valence-corrected chi connectivity index (χ1v) is 6.25. The minimum Gasteiger partial charge on any atom is -0.238 e. The summed E-state index contributed by atoms with van der Waals surface area (Å²) in [5, 5.41) is 3.34. The van der Waals surface area contributed by atoms with Gasteiger partial charge in [-0.1, -0.05) is 11.6 Å². The average Bonchev–Trinajstić information content (AvgIpc) is 2.60. The lowest BCUT2D eigenvalue weighted by molar-refractivity contribution is 1.08. The van der Waals surface area contributed by atoms with Crippen LogP contribution in [-0.4, -0.2) is 15.0 Å². The van der Waals surface area contributed by atoms with Crippen LogP contribution in [0.3, 0.4) is 0 Å². The number of hydrogen-bond donors (Lipinski definition) is 0. The highest BCUT2D eigenvalue weighted by Gasteiger charge is 2.10. The van der Waals surface area contributed by atoms with Crippen LogP contribution in [0.5, 0.6) is 0 Å². The molecule has 0 saturated heterocycles. The lowest BCUT2D eigenvalue weighted by atomic mass is 10.4. The first-order chi connectivity index (χ1) is 7.08. The van der Waals surface area contributed by atoms with Gasteiger partial charge in [-0.25, -0.2) is 15.0 Å². The van der Waals surface area contributed by atoms with Gasteiger partial charge in [-0.3, -0.25) is 0 Å². The van der Waals surface area contributed by atoms with Crippen LogP contribution in [0.2, 0.25) is 5.15 Å². The fraction of sp³-hybridized carbons (Fsp3) is 0.222. The van der Waals surface area contributed by atoms with Crippen LogP contribution in [0.25, 0.3) is 11.5 Å². The SMILES string of the molecule is Cc1nc(-c2nc(C)c(Br)c(Cl)n2)cs1. The Kier molecular flexibility index (Phi) is 3.04. The number of aromatic nitrogens is 3. The summed E-state index contributed by atoms with van der Waals surface area (Å²) in [5.41, 5.74) is 1.59. The van der Waals surface area contributed by atoms with E-state index >= 15 is 0 Å². The van der Waals surface area contributed by atoms with Crippen molar-refractivity contribution in [3.8, 4) is 11.5 Å². The van der Waals surface area contributed by atoms with E-state index in [0.717, 1.165) is 20.9 Å². The van der Waals surface area contributed by atoms with Crippen LogP contribution >= 0.6 is 38.9 Å². The van der Waals surface area contributed by atoms with Crippen molar-refractivity contribution in [2.24, 2.45) is 0 Å². The highest BCUT2D eigenvalue weighted by atomic mass is 79.9. The summed E-state index contributed by atoms with van der Waals surface area (Å²) in [6, 6.07) is 0. The number of nitrogens with zero attached hydrogens (tertiary/aromatic N) is 3. The molecular formula is C9H7BrClN3S. The Bertz CT molecular complexity index is 489. The normalized spacial score (nSPS) is 10.7. The van der Waals surface area contributed by atoms with Gasteiger partial charge in [0.15, 0.2) is 5.82 Å². The maximum Gasteiger partial charge on any atom is 0.180 e. The van der Waals surface area contributed by atoms with E-state index in [-0.39, 0.29) is 0 Å². The summed E-state index contributed by atoms with van der Waals surface area (Å²) < 4.78 is 0.736. The van der Waals surface area contributed by atoms with Gasteiger partial charge in [-0.2, -0.15) is 0 Å². The fourth-order valence-electron chi connectivity index (χ4n) is 1.10. The van der Waals surface area contributed by atoms with E-state index in [1.165, 1.54) is 0 Å². The molecule has 0 aromatic carbocycles. The minimum absolute atomic E-state index is 0.420. The minimum atomic E-state index is 0.420. The molecule has 2 rings (SSSR count). The van der Waals surface area contributed by atoms with E-state index < -0.39 is 0 Å². The molecule has 0 spiro atoms. The Morgan fingerprint density at radius 1 is 1.27 bits per heavy atom. The Labute approximate surface area is 105 Å². The molecule has 15 heavy (non-hydrogen) atoms. The molecule has 0 atom stereocenters. The molecule has 0 aliphatic heterocycles. The zero-order valence-electron chi connectivity index (χ0n) is 8.08. The third-order valence-corrected chi connectivity index (χ3v) is 4.05. The van der Waals surface area contributed by atoms with E-state index in [9.17, 15) is 0 Å². The zero-order chi connectivity index (χ0) is 11.0. The molecular weight excluding hydrogens is 298 g/mol. The van der Waals surface area contributed by atoms with Crippen molar-refractivity contribution >= 4 is 38.9 Å². The molecule has 0 N–H and O–H groups in total. The van der Waals surface area contributed by atoms with Gasteiger partial charge in [0.05, 0.1) is 15.2 Å². The van der Waals surface area contributed by atoms with Crippen molar-refractivity contribution < 1.29 is 0 Å². The van der Waals surface area contributed by atoms with E-state index in [1.54, 1.807) is 11.3 Å². The number of halogens is 2. The first-order valence-electron chi connectivity index (χ1n) is 4.20. The van der Waals surface area contributed by atoms with Crippen LogP contribution in [0.4, 0.5) is 0 Å². The topological polar surface area (TPSA) is 38.7 Å². The molecule has 6 heteroatoms. The van der Waals surface area contributed by atoms with Gasteiger partial charge in [0.2, 0.25) is 0 Å². The van der Waals surface area contributed by atoms with Crippen molar-refractivity contribution in [3.05, 3.63) is 25.7 Å². The summed E-state index contributed by atoms with van der Waals surface area (Å²) in [7, 11) is 0. The van der Waals surface area contributed by atoms with Crippen LogP contribution in [0, 0.1) is 13.8 Å². The molecule has 0 amide bonds. The number of hydrogen-bond acceptors (Lipinski definition) is 4. The Balaban J connectivity index is 2.55. The largest absolute Gasteiger partial charge is 0.238 e. The van der Waals surface area contributed by atoms with Crippen molar-refractivity contribution in [3.63, 3.8) is 0 Å². The number of aryl methyl sites for hydroxylation is 2. The monoisotopic (exact) mass is 303 g/mol. The molecule has 0 aliphatic carbocycles. The molecule has 0 fully saturated rings. The van der Waals surface area contributed by atoms with Gasteiger partial charge in [0, 0.05) is 5.38 Å². The summed E-state index contributed by atoms with van der Waals surface area (Å²) in [6.07, 6.45) is 0. The van der Waals surface area contributed by atoms with Crippen LogP contribution in [0.15, 0.2) is 9.85 Å². The molecule has 2 aromatic rings. The van der Waals surface area contributed by atoms with Gasteiger partial charge in [-0.05, 0) is 29.8 Å². The average molecular weight is 305 g/mol. The second kappa shape index (κ2) is 4.15. The van der Waals surface area contributed by atoms with E-state index in [2.05, 4.69) is 30.9 Å². The smallest absolute Gasteiger partial charge is 0.180 e. The zero-order valence-corrected chi connectivity index (χ0v) is 11.2. The summed E-state index contributed by atoms with van der Waals surface area (Å²) in [6.45, 7) is 3.82. The number of thiazole rings is 1. The quantitative estimate of drug-likeness (QED) is 0.755. The van der Waals surface area contributed by atoms with Crippen molar-refractivity contribution in [1.82, 2.24) is 15.0 Å². The van der Waals surface area contributed by atoms with Crippen LogP contribution < -0.4 is 0 Å². The van der Waals surface area contributed by atoms with Crippen LogP contribution in [0.1, 0.15) is 10.7 Å². The molecule has 78 valence electrons. The predicted molar refractivity (Wildman–Crippen MR) is 65.3 cm³/mol. The van der Waals surface area contributed by atoms with Gasteiger partial charge in [0.1, 0.15) is 10.8 Å². The van der Waals surface area contributed by atoms with Crippen molar-refractivity contribution in [2.45, 2.75) is 13.8 Å². The molecule has 0 bridgehead atoms. The number of rotatable bonds is 1. The second-order valence-electron chi connectivity index (χ2n) is 2.99. The fourth-order valence-corrected chi connectivity index (χ4v) is 2.09. The van der Waals surface area contributed by atoms with Crippen LogP contribution in [-0.2, 0) is 0 Å². The Morgan fingerprint density at radius 2 is 2.00 bits per heavy atom. The van der Waals surface area contributed by atoms with Gasteiger partial charge >= 0.3 is 0 Å². The molecule has 0 saturated carbocycles. The summed E-state index contributed by atoms with van der Waals surface area (Å²) >= 11 is 10.8. The molecule has 0 unspecified atom stereocenters. The highest BCUT2D eigenvalue weighted by Crippen LogP contribution is 2.26. The standard InChI is InChI=1S/C9H7BrClN3S/c1-4-7(10)8(11)14-9(12-4)6-3-15-5(2)13-6/h3H,1-2H3. The molecule has 2 aromatic heterocycles. The second-order valence-corrected chi connectivity index (χ2v) is 5.20. The lowest BCUT2D eigenvalue weighted by Crippen LogP contribution is -1.94. The van der Waals surface area contributed by atoms with E-state index in [4.69, 9.17) is 11.6 Å². The molecule has 0 radical (unpaired) electrons. The lowest BCUT2D eigenvalue weighted by Gasteiger charge is -2.02. The maximum atomic E-state index is 5.95. The molecule has 2 heterocycles. The van der Waals surface area contributed by atoms with Crippen molar-refractivity contribution in [1.29, 1.82) is 0 Å². The van der Waals surface area contributed by atoms with Gasteiger partial charge < -0.3 is 0 Å². The molecule has 3 nitrogen and oxygen atoms in total. The van der Waals surface area contributed by atoms with Gasteiger partial charge in [0.25, 0.3) is 0 Å². The van der Waals surface area contributed by atoms with Gasteiger partial charge in [-0.15, -0.1) is 11.3 Å².